The fourth-order valence-corrected chi connectivity index (χ4v) is 3.01. The third-order valence-corrected chi connectivity index (χ3v) is 3.82. The van der Waals surface area contributed by atoms with Crippen LogP contribution in [0.25, 0.3) is 0 Å². The summed E-state index contributed by atoms with van der Waals surface area (Å²) in [6, 6.07) is 0. The monoisotopic (exact) mass is 212 g/mol. The maximum absolute atomic E-state index is 5.65. The summed E-state index contributed by atoms with van der Waals surface area (Å²) in [6.07, 6.45) is 3.10. The summed E-state index contributed by atoms with van der Waals surface area (Å²) in [5.74, 6) is 0. The second-order valence-electron chi connectivity index (χ2n) is 3.60. The molecule has 1 aliphatic rings. The number of nitrogens with one attached hydrogen (secondary N) is 1. The van der Waals surface area contributed by atoms with E-state index in [0.717, 1.165) is 24.6 Å². The van der Waals surface area contributed by atoms with Gasteiger partial charge in [0.25, 0.3) is 0 Å². The summed E-state index contributed by atoms with van der Waals surface area (Å²) in [6.45, 7) is 6.03. The quantitative estimate of drug-likeness (QED) is 0.829. The van der Waals surface area contributed by atoms with E-state index in [0.29, 0.717) is 0 Å². The molecule has 1 aromatic heterocycles. The molecule has 1 fully saturated rings. The summed E-state index contributed by atoms with van der Waals surface area (Å²) < 4.78 is 5.65. The third kappa shape index (κ3) is 1.47. The van der Waals surface area contributed by atoms with Crippen molar-refractivity contribution in [2.75, 3.05) is 13.2 Å². The summed E-state index contributed by atoms with van der Waals surface area (Å²) in [4.78, 5) is 4.42. The van der Waals surface area contributed by atoms with E-state index >= 15 is 0 Å². The van der Waals surface area contributed by atoms with Gasteiger partial charge in [-0.1, -0.05) is 6.92 Å². The van der Waals surface area contributed by atoms with Crippen molar-refractivity contribution in [1.29, 1.82) is 0 Å². The molecular weight excluding hydrogens is 196 g/mol. The normalized spacial score (nSPS) is 32.3. The van der Waals surface area contributed by atoms with Crippen LogP contribution in [0, 0.1) is 0 Å². The molecule has 4 heteroatoms. The second kappa shape index (κ2) is 3.96. The minimum Gasteiger partial charge on any atom is -0.376 e. The van der Waals surface area contributed by atoms with Crippen molar-refractivity contribution in [1.82, 2.24) is 10.3 Å². The molecule has 1 aliphatic heterocycles. The van der Waals surface area contributed by atoms with Crippen molar-refractivity contribution >= 4 is 11.3 Å². The van der Waals surface area contributed by atoms with Gasteiger partial charge in [0.05, 0.1) is 11.6 Å². The number of ether oxygens (including phenoxy) is 1. The molecule has 0 aliphatic carbocycles. The smallest absolute Gasteiger partial charge is 0.115 e. The fourth-order valence-electron chi connectivity index (χ4n) is 2.09. The van der Waals surface area contributed by atoms with E-state index in [9.17, 15) is 0 Å². The standard InChI is InChI=1S/C10H16N2OS/c1-3-12-10(4-6-13-8(10)2)9-11-5-7-14-9/h5,7-8,12H,3-4,6H2,1-2H3. The van der Waals surface area contributed by atoms with Gasteiger partial charge in [-0.3, -0.25) is 0 Å². The van der Waals surface area contributed by atoms with Gasteiger partial charge in [-0.25, -0.2) is 4.98 Å². The van der Waals surface area contributed by atoms with Crippen LogP contribution in [0.15, 0.2) is 11.6 Å². The van der Waals surface area contributed by atoms with Crippen LogP contribution in [-0.2, 0) is 10.3 Å². The molecule has 0 radical (unpaired) electrons. The van der Waals surface area contributed by atoms with E-state index in [1.165, 1.54) is 0 Å². The van der Waals surface area contributed by atoms with Crippen LogP contribution in [0.3, 0.4) is 0 Å². The first-order valence-corrected chi connectivity index (χ1v) is 5.94. The first-order valence-electron chi connectivity index (χ1n) is 5.06. The van der Waals surface area contributed by atoms with E-state index < -0.39 is 0 Å². The zero-order valence-corrected chi connectivity index (χ0v) is 9.43. The van der Waals surface area contributed by atoms with E-state index in [2.05, 4.69) is 24.1 Å². The van der Waals surface area contributed by atoms with Crippen molar-refractivity contribution < 1.29 is 4.74 Å². The molecule has 0 spiro atoms. The van der Waals surface area contributed by atoms with Crippen LogP contribution in [0.4, 0.5) is 0 Å². The van der Waals surface area contributed by atoms with Gasteiger partial charge in [0, 0.05) is 18.2 Å². The lowest BCUT2D eigenvalue weighted by Crippen LogP contribution is -2.47. The highest BCUT2D eigenvalue weighted by Crippen LogP contribution is 2.36. The van der Waals surface area contributed by atoms with Crippen LogP contribution in [0.2, 0.25) is 0 Å². The van der Waals surface area contributed by atoms with E-state index in [1.807, 2.05) is 11.6 Å². The van der Waals surface area contributed by atoms with E-state index in [4.69, 9.17) is 4.74 Å². The summed E-state index contributed by atoms with van der Waals surface area (Å²) in [5.41, 5.74) is -0.0388. The summed E-state index contributed by atoms with van der Waals surface area (Å²) in [5, 5.41) is 6.72. The van der Waals surface area contributed by atoms with Crippen molar-refractivity contribution in [2.24, 2.45) is 0 Å². The predicted octanol–water partition coefficient (Wildman–Crippen LogP) is 1.76. The molecule has 2 heterocycles. The molecule has 2 atom stereocenters. The Balaban J connectivity index is 2.31. The molecule has 1 N–H and O–H groups in total. The van der Waals surface area contributed by atoms with Gasteiger partial charge in [0.15, 0.2) is 0 Å². The second-order valence-corrected chi connectivity index (χ2v) is 4.50. The molecule has 2 rings (SSSR count). The van der Waals surface area contributed by atoms with Crippen LogP contribution in [-0.4, -0.2) is 24.2 Å². The van der Waals surface area contributed by atoms with Crippen LogP contribution < -0.4 is 5.32 Å². The van der Waals surface area contributed by atoms with Gasteiger partial charge >= 0.3 is 0 Å². The van der Waals surface area contributed by atoms with Crippen molar-refractivity contribution in [3.8, 4) is 0 Å². The summed E-state index contributed by atoms with van der Waals surface area (Å²) in [7, 11) is 0. The molecule has 0 bridgehead atoms. The average molecular weight is 212 g/mol. The van der Waals surface area contributed by atoms with Crippen LogP contribution >= 0.6 is 11.3 Å². The van der Waals surface area contributed by atoms with Gasteiger partial charge in [0.1, 0.15) is 5.01 Å². The first kappa shape index (κ1) is 10.1. The number of hydrogen-bond acceptors (Lipinski definition) is 4. The molecule has 3 nitrogen and oxygen atoms in total. The lowest BCUT2D eigenvalue weighted by Gasteiger charge is -2.30. The maximum Gasteiger partial charge on any atom is 0.115 e. The first-order chi connectivity index (χ1) is 6.79. The van der Waals surface area contributed by atoms with Crippen molar-refractivity contribution in [3.05, 3.63) is 16.6 Å². The molecular formula is C10H16N2OS. The van der Waals surface area contributed by atoms with Gasteiger partial charge in [0.2, 0.25) is 0 Å². The Kier molecular flexibility index (Phi) is 2.85. The molecule has 78 valence electrons. The number of nitrogens with zero attached hydrogens (tertiary/aromatic N) is 1. The Morgan fingerprint density at radius 1 is 1.79 bits per heavy atom. The largest absolute Gasteiger partial charge is 0.376 e. The topological polar surface area (TPSA) is 34.2 Å². The molecule has 14 heavy (non-hydrogen) atoms. The number of likely N-dealkylation sites (N-methyl/N-ethyl adjacent to an activating group) is 1. The highest BCUT2D eigenvalue weighted by atomic mass is 32.1. The zero-order chi connectivity index (χ0) is 10.0. The van der Waals surface area contributed by atoms with E-state index in [1.54, 1.807) is 11.3 Å². The van der Waals surface area contributed by atoms with Gasteiger partial charge in [-0.15, -0.1) is 11.3 Å². The van der Waals surface area contributed by atoms with E-state index in [-0.39, 0.29) is 11.6 Å². The summed E-state index contributed by atoms with van der Waals surface area (Å²) >= 11 is 1.71. The van der Waals surface area contributed by atoms with Crippen molar-refractivity contribution in [2.45, 2.75) is 31.9 Å². The average Bonchev–Trinajstić information content (AvgIpc) is 2.77. The predicted molar refractivity (Wildman–Crippen MR) is 57.5 cm³/mol. The number of hydrogen-bond donors (Lipinski definition) is 1. The highest BCUT2D eigenvalue weighted by molar-refractivity contribution is 7.09. The molecule has 1 aromatic rings. The van der Waals surface area contributed by atoms with Crippen molar-refractivity contribution in [3.63, 3.8) is 0 Å². The minimum absolute atomic E-state index is 0.0388. The Bertz CT molecular complexity index is 288. The Labute approximate surface area is 88.5 Å². The minimum atomic E-state index is -0.0388. The van der Waals surface area contributed by atoms with Crippen LogP contribution in [0.5, 0.6) is 0 Å². The lowest BCUT2D eigenvalue weighted by atomic mass is 9.93. The Hall–Kier alpha value is -0.450. The number of thiazole rings is 1. The van der Waals surface area contributed by atoms with Crippen LogP contribution in [0.1, 0.15) is 25.3 Å². The fraction of sp³-hybridized carbons (Fsp3) is 0.700. The number of aromatic nitrogens is 1. The molecule has 0 aromatic carbocycles. The lowest BCUT2D eigenvalue weighted by molar-refractivity contribution is 0.0825. The maximum atomic E-state index is 5.65. The van der Waals surface area contributed by atoms with Gasteiger partial charge < -0.3 is 10.1 Å². The SMILES string of the molecule is CCNC1(c2nccs2)CCOC1C. The molecule has 0 saturated carbocycles. The Morgan fingerprint density at radius 3 is 3.14 bits per heavy atom. The van der Waals surface area contributed by atoms with Gasteiger partial charge in [-0.2, -0.15) is 0 Å². The molecule has 2 unspecified atom stereocenters. The van der Waals surface area contributed by atoms with Gasteiger partial charge in [-0.05, 0) is 19.9 Å². The number of rotatable bonds is 3. The third-order valence-electron chi connectivity index (χ3n) is 2.86. The zero-order valence-electron chi connectivity index (χ0n) is 8.62. The Morgan fingerprint density at radius 2 is 2.64 bits per heavy atom. The molecule has 1 saturated heterocycles. The molecule has 0 amide bonds. The highest BCUT2D eigenvalue weighted by Gasteiger charge is 2.44.